The number of amides is 1. The number of oxime groups is 1. The average molecular weight is 967 g/mol. The summed E-state index contributed by atoms with van der Waals surface area (Å²) in [5.74, 6) is 0.588. The summed E-state index contributed by atoms with van der Waals surface area (Å²) in [4.78, 5) is 24.0. The summed E-state index contributed by atoms with van der Waals surface area (Å²) in [7, 11) is 0. The van der Waals surface area contributed by atoms with Gasteiger partial charge in [0.1, 0.15) is 24.1 Å². The molecule has 378 valence electrons. The Morgan fingerprint density at radius 3 is 2.23 bits per heavy atom. The molecule has 2 N–H and O–H groups in total. The minimum atomic E-state index is -1.35. The number of fused-ring (bicyclic) bond motifs is 2. The zero-order valence-corrected chi connectivity index (χ0v) is 42.6. The minimum absolute atomic E-state index is 0.107. The summed E-state index contributed by atoms with van der Waals surface area (Å²) in [6, 6.07) is 25.9. The van der Waals surface area contributed by atoms with Crippen LogP contribution in [0.15, 0.2) is 113 Å². The van der Waals surface area contributed by atoms with Crippen LogP contribution in [0.25, 0.3) is 0 Å². The molecule has 0 radical (unpaired) electrons. The highest BCUT2D eigenvalue weighted by Gasteiger charge is 2.65. The van der Waals surface area contributed by atoms with Crippen LogP contribution in [0.1, 0.15) is 146 Å². The quantitative estimate of drug-likeness (QED) is 0.0266. The van der Waals surface area contributed by atoms with Crippen molar-refractivity contribution in [2.75, 3.05) is 45.3 Å². The largest absolute Gasteiger partial charge is 0.493 e. The summed E-state index contributed by atoms with van der Waals surface area (Å²) in [5.41, 5.74) is 3.82. The lowest BCUT2D eigenvalue weighted by Gasteiger charge is -2.59. The molecule has 2 aliphatic carbocycles. The van der Waals surface area contributed by atoms with Crippen LogP contribution in [-0.4, -0.2) is 84.1 Å². The molecule has 3 aliphatic rings. The Labute approximate surface area is 418 Å². The van der Waals surface area contributed by atoms with Crippen LogP contribution < -0.4 is 9.47 Å². The van der Waals surface area contributed by atoms with Gasteiger partial charge in [-0.05, 0) is 91.8 Å². The molecule has 11 heteroatoms. The van der Waals surface area contributed by atoms with E-state index in [4.69, 9.17) is 28.9 Å². The van der Waals surface area contributed by atoms with Crippen molar-refractivity contribution in [2.24, 2.45) is 22.9 Å². The molecule has 1 heterocycles. The van der Waals surface area contributed by atoms with Crippen molar-refractivity contribution in [1.82, 2.24) is 4.90 Å². The fourth-order valence-electron chi connectivity index (χ4n) is 10.8. The van der Waals surface area contributed by atoms with E-state index in [2.05, 4.69) is 56.8 Å². The molecule has 6 rings (SSSR count). The third-order valence-electron chi connectivity index (χ3n) is 14.1. The molecule has 1 saturated carbocycles. The molecule has 3 aromatic carbocycles. The van der Waals surface area contributed by atoms with Crippen LogP contribution in [0, 0.1) is 17.8 Å². The lowest BCUT2D eigenvalue weighted by atomic mass is 9.55. The Morgan fingerprint density at radius 1 is 0.841 bits per heavy atom. The van der Waals surface area contributed by atoms with E-state index in [9.17, 15) is 15.0 Å². The van der Waals surface area contributed by atoms with Crippen LogP contribution in [0.5, 0.6) is 11.5 Å². The molecular weight excluding hydrogens is 885 g/mol. The van der Waals surface area contributed by atoms with Crippen molar-refractivity contribution >= 4 is 23.6 Å². The molecule has 6 atom stereocenters. The van der Waals surface area contributed by atoms with Crippen LogP contribution in [0.4, 0.5) is 4.79 Å². The maximum absolute atomic E-state index is 14.7. The van der Waals surface area contributed by atoms with Gasteiger partial charge in [-0.2, -0.15) is 0 Å². The molecule has 1 aliphatic heterocycles. The second-order valence-corrected chi connectivity index (χ2v) is 20.2. The van der Waals surface area contributed by atoms with E-state index in [0.717, 1.165) is 78.9 Å². The molecule has 10 nitrogen and oxygen atoms in total. The molecule has 0 spiro atoms. The summed E-state index contributed by atoms with van der Waals surface area (Å²) in [5, 5.41) is 25.0. The topological polar surface area (TPSA) is 119 Å². The predicted octanol–water partition coefficient (Wildman–Crippen LogP) is 13.5. The number of carbonyl (C=O) groups is 1. The van der Waals surface area contributed by atoms with Crippen molar-refractivity contribution < 1.29 is 38.8 Å². The lowest BCUT2D eigenvalue weighted by molar-refractivity contribution is -0.255. The van der Waals surface area contributed by atoms with Crippen LogP contribution >= 0.6 is 11.8 Å². The Hall–Kier alpha value is -4.29. The molecule has 3 aromatic rings. The van der Waals surface area contributed by atoms with Crippen LogP contribution in [0.2, 0.25) is 0 Å². The number of thioether (sulfide) groups is 1. The number of aliphatic hydroxyl groups excluding tert-OH is 2. The second-order valence-electron chi connectivity index (χ2n) is 19.0. The summed E-state index contributed by atoms with van der Waals surface area (Å²) < 4.78 is 27.3. The van der Waals surface area contributed by atoms with E-state index in [-0.39, 0.29) is 43.7 Å². The number of unbranched alkanes of at least 4 members (excludes halogenated alkanes) is 11. The first-order valence-corrected chi connectivity index (χ1v) is 27.4. The van der Waals surface area contributed by atoms with E-state index in [1.54, 1.807) is 17.8 Å². The van der Waals surface area contributed by atoms with E-state index < -0.39 is 17.7 Å². The molecular formula is C58H82N2O8S. The van der Waals surface area contributed by atoms with Gasteiger partial charge in [-0.1, -0.05) is 150 Å². The van der Waals surface area contributed by atoms with Gasteiger partial charge < -0.3 is 34.0 Å². The Bertz CT molecular complexity index is 2010. The number of carbonyl (C=O) groups excluding carboxylic acids is 1. The number of allylic oxidation sites excluding steroid dienone is 1. The van der Waals surface area contributed by atoms with Crippen molar-refractivity contribution in [3.8, 4) is 11.5 Å². The monoisotopic (exact) mass is 967 g/mol. The van der Waals surface area contributed by atoms with Gasteiger partial charge in [0.2, 0.25) is 5.79 Å². The minimum Gasteiger partial charge on any atom is -0.493 e. The van der Waals surface area contributed by atoms with Crippen molar-refractivity contribution in [2.45, 2.75) is 159 Å². The fourth-order valence-corrected chi connectivity index (χ4v) is 11.5. The summed E-state index contributed by atoms with van der Waals surface area (Å²) in [6.07, 6.45) is 21.6. The van der Waals surface area contributed by atoms with Gasteiger partial charge in [-0.3, -0.25) is 4.90 Å². The molecule has 0 aromatic heterocycles. The SMILES string of the molecule is C=CCO[C@@]12Oc3ccc(OCCSc4ccccc4)cc3[C@H]3[C@H](CCCCO)[C@@H](CCCCO)C=C(C(=NOCc4ccccc4)C[C@@H]1N(CCC)C(=O)OCCCCCCCCCCCC)[C@H]32. The first kappa shape index (κ1) is 54.1. The normalized spacial score (nSPS) is 21.9. The Kier molecular flexibility index (Phi) is 23.3. The fraction of sp³-hybridized carbons (Fsp3) is 0.586. The number of benzene rings is 3. The summed E-state index contributed by atoms with van der Waals surface area (Å²) in [6.45, 7) is 10.5. The van der Waals surface area contributed by atoms with E-state index >= 15 is 0 Å². The number of rotatable bonds is 33. The predicted molar refractivity (Wildman–Crippen MR) is 279 cm³/mol. The van der Waals surface area contributed by atoms with Crippen LogP contribution in [-0.2, 0) is 20.9 Å². The van der Waals surface area contributed by atoms with Gasteiger partial charge in [0.25, 0.3) is 0 Å². The zero-order chi connectivity index (χ0) is 48.5. The maximum Gasteiger partial charge on any atom is 0.410 e. The molecule has 69 heavy (non-hydrogen) atoms. The third kappa shape index (κ3) is 15.4. The second kappa shape index (κ2) is 29.8. The van der Waals surface area contributed by atoms with Gasteiger partial charge in [0.05, 0.1) is 31.5 Å². The van der Waals surface area contributed by atoms with Gasteiger partial charge in [-0.15, -0.1) is 18.3 Å². The molecule has 1 amide bonds. The van der Waals surface area contributed by atoms with Gasteiger partial charge in [-0.25, -0.2) is 4.79 Å². The highest BCUT2D eigenvalue weighted by Crippen LogP contribution is 2.62. The highest BCUT2D eigenvalue weighted by molar-refractivity contribution is 7.99. The number of hydrogen-bond donors (Lipinski definition) is 2. The van der Waals surface area contributed by atoms with E-state index in [1.807, 2.05) is 53.4 Å². The number of aliphatic hydroxyl groups is 2. The first-order chi connectivity index (χ1) is 34.0. The lowest BCUT2D eigenvalue weighted by Crippen LogP contribution is -2.70. The Morgan fingerprint density at radius 2 is 1.54 bits per heavy atom. The van der Waals surface area contributed by atoms with E-state index in [1.165, 1.54) is 49.8 Å². The smallest absolute Gasteiger partial charge is 0.410 e. The molecule has 0 unspecified atom stereocenters. The van der Waals surface area contributed by atoms with E-state index in [0.29, 0.717) is 57.8 Å². The highest BCUT2D eigenvalue weighted by atomic mass is 32.2. The van der Waals surface area contributed by atoms with Gasteiger partial charge in [0, 0.05) is 48.3 Å². The van der Waals surface area contributed by atoms with Gasteiger partial charge in [0.15, 0.2) is 0 Å². The number of hydrogen-bond acceptors (Lipinski definition) is 10. The van der Waals surface area contributed by atoms with Crippen molar-refractivity contribution in [1.29, 1.82) is 0 Å². The number of ether oxygens (including phenoxy) is 4. The number of nitrogens with zero attached hydrogens (tertiary/aromatic N) is 2. The molecule has 0 saturated heterocycles. The maximum atomic E-state index is 14.7. The first-order valence-electron chi connectivity index (χ1n) is 26.5. The average Bonchev–Trinajstić information content (AvgIpc) is 3.37. The van der Waals surface area contributed by atoms with Gasteiger partial charge >= 0.3 is 6.09 Å². The summed E-state index contributed by atoms with van der Waals surface area (Å²) >= 11 is 1.77. The zero-order valence-electron chi connectivity index (χ0n) is 41.8. The molecule has 1 fully saturated rings. The Balaban J connectivity index is 1.38. The van der Waals surface area contributed by atoms with Crippen molar-refractivity contribution in [3.05, 3.63) is 114 Å². The standard InChI is InChI=1S/C58H82N2O8S/c1-4-7-8-9-10-11-12-13-14-25-38-65-57(63)60(34-5-2)54-43-52(59-67-44-45-26-17-15-18-27-45)50-41-46(28-21-23-35-61)49(31-22-24-36-62)55-51-42-47(64-39-40-69-48-29-19-16-20-30-48)32-33-53(51)68-58(54,56(50)55)66-37-6-3/h6,15-20,26-27,29-30,32-33,41-42,46,49,54-56,61-62H,3-5,7-14,21-25,28,31,34-40,43-44H2,1-2H3/t46-,49+,54-,55+,56+,58+/m0/s1. The van der Waals surface area contributed by atoms with Crippen LogP contribution in [0.3, 0.4) is 0 Å². The third-order valence-corrected chi connectivity index (χ3v) is 15.0. The molecule has 0 bridgehead atoms. The van der Waals surface area contributed by atoms with Crippen molar-refractivity contribution in [3.63, 3.8) is 0 Å².